The Labute approximate surface area is 246 Å². The highest BCUT2D eigenvalue weighted by atomic mass is 32.1. The number of carbonyl (C=O) groups is 1. The molecular weight excluding hydrogens is 550 g/mol. The molecule has 4 aromatic carbocycles. The van der Waals surface area contributed by atoms with Crippen LogP contribution in [0.1, 0.15) is 23.2 Å². The molecule has 42 heavy (non-hydrogen) atoms. The quantitative estimate of drug-likeness (QED) is 0.130. The molecule has 0 fully saturated rings. The Hall–Kier alpha value is -4.93. The maximum atomic E-state index is 12.7. The van der Waals surface area contributed by atoms with Crippen LogP contribution in [0.3, 0.4) is 0 Å². The molecule has 0 unspecified atom stereocenters. The minimum Gasteiger partial charge on any atom is -0.494 e. The number of rotatable bonds is 11. The first kappa shape index (κ1) is 27.3. The van der Waals surface area contributed by atoms with Crippen molar-refractivity contribution in [3.8, 4) is 38.0 Å². The van der Waals surface area contributed by atoms with Gasteiger partial charge in [0.05, 0.1) is 12.2 Å². The highest BCUT2D eigenvalue weighted by Gasteiger charge is 2.14. The number of benzene rings is 4. The van der Waals surface area contributed by atoms with Crippen LogP contribution in [-0.2, 0) is 4.74 Å². The predicted molar refractivity (Wildman–Crippen MR) is 161 cm³/mol. The second-order valence-corrected chi connectivity index (χ2v) is 10.4. The van der Waals surface area contributed by atoms with E-state index >= 15 is 0 Å². The molecule has 6 rings (SSSR count). The second-order valence-electron chi connectivity index (χ2n) is 9.47. The summed E-state index contributed by atoms with van der Waals surface area (Å²) in [5.74, 6) is 0.332. The summed E-state index contributed by atoms with van der Waals surface area (Å²) in [6.07, 6.45) is 1.95. The molecule has 9 nitrogen and oxygen atoms in total. The lowest BCUT2D eigenvalue weighted by atomic mass is 10.0. The van der Waals surface area contributed by atoms with Crippen molar-refractivity contribution in [1.82, 2.24) is 25.4 Å². The number of nitrogens with zero attached hydrogens (tertiary/aromatic N) is 5. The van der Waals surface area contributed by atoms with Gasteiger partial charge in [-0.15, -0.1) is 15.3 Å². The fourth-order valence-electron chi connectivity index (χ4n) is 4.34. The van der Waals surface area contributed by atoms with Crippen molar-refractivity contribution in [2.24, 2.45) is 0 Å². The van der Waals surface area contributed by atoms with Crippen LogP contribution in [0.15, 0.2) is 97.1 Å². The zero-order valence-electron chi connectivity index (χ0n) is 22.8. The van der Waals surface area contributed by atoms with Crippen molar-refractivity contribution in [1.29, 1.82) is 0 Å². The molecule has 0 amide bonds. The normalized spacial score (nSPS) is 11.1. The fraction of sp³-hybridized carbons (Fsp3) is 0.156. The molecule has 210 valence electrons. The van der Waals surface area contributed by atoms with E-state index in [-0.39, 0.29) is 0 Å². The molecular formula is C32H27N5O4S. The minimum absolute atomic E-state index is 0.389. The molecule has 0 spiro atoms. The Morgan fingerprint density at radius 1 is 0.714 bits per heavy atom. The van der Waals surface area contributed by atoms with E-state index < -0.39 is 5.97 Å². The van der Waals surface area contributed by atoms with Gasteiger partial charge >= 0.3 is 5.97 Å². The van der Waals surface area contributed by atoms with Gasteiger partial charge in [0.15, 0.2) is 0 Å². The summed E-state index contributed by atoms with van der Waals surface area (Å²) in [5.41, 5.74) is 5.72. The van der Waals surface area contributed by atoms with E-state index in [1.54, 1.807) is 31.4 Å². The molecule has 2 aromatic heterocycles. The Bertz CT molecular complexity index is 1780. The van der Waals surface area contributed by atoms with Crippen molar-refractivity contribution in [3.63, 3.8) is 0 Å². The third kappa shape index (κ3) is 6.19. The summed E-state index contributed by atoms with van der Waals surface area (Å²) in [4.78, 5) is 19.2. The van der Waals surface area contributed by atoms with Gasteiger partial charge in [0.1, 0.15) is 26.8 Å². The van der Waals surface area contributed by atoms with E-state index in [9.17, 15) is 4.79 Å². The molecule has 2 heterocycles. The Morgan fingerprint density at radius 2 is 1.31 bits per heavy atom. The number of aromatic nitrogens is 5. The van der Waals surface area contributed by atoms with Crippen LogP contribution in [0.2, 0.25) is 0 Å². The molecule has 10 heteroatoms. The zero-order valence-corrected chi connectivity index (χ0v) is 23.7. The predicted octanol–water partition coefficient (Wildman–Crippen LogP) is 6.36. The van der Waals surface area contributed by atoms with Crippen LogP contribution in [0.5, 0.6) is 5.75 Å². The number of hydrogen-bond donors (Lipinski definition) is 0. The lowest BCUT2D eigenvalue weighted by Gasteiger charge is -2.08. The van der Waals surface area contributed by atoms with Gasteiger partial charge in [-0.25, -0.2) is 4.79 Å². The average molecular weight is 578 g/mol. The molecule has 0 aliphatic carbocycles. The number of methoxy groups -OCH3 is 1. The largest absolute Gasteiger partial charge is 0.494 e. The van der Waals surface area contributed by atoms with Crippen molar-refractivity contribution in [2.75, 3.05) is 20.3 Å². The van der Waals surface area contributed by atoms with Crippen LogP contribution in [0.25, 0.3) is 43.3 Å². The van der Waals surface area contributed by atoms with Gasteiger partial charge in [0.2, 0.25) is 0 Å². The number of carbonyl (C=O) groups excluding carboxylic acids is 1. The standard InChI is InChI=1S/C32H27N5O4S/c1-39-20-4-5-21-40-27-18-16-23(17-19-27)22-8-10-24(11-9-22)30-34-35-31(42-30)25-12-14-26(15-13-25)32(38)41-37-29-7-3-2-6-28(29)33-36-37/h2-3,6-19H,4-5,20-21H2,1H3. The van der Waals surface area contributed by atoms with Crippen molar-refractivity contribution < 1.29 is 19.1 Å². The Kier molecular flexibility index (Phi) is 8.25. The molecule has 6 aromatic rings. The van der Waals surface area contributed by atoms with Gasteiger partial charge in [-0.1, -0.05) is 76.8 Å². The van der Waals surface area contributed by atoms with Crippen LogP contribution < -0.4 is 9.57 Å². The average Bonchev–Trinajstić information content (AvgIpc) is 3.70. The minimum atomic E-state index is -0.532. The van der Waals surface area contributed by atoms with Crippen molar-refractivity contribution >= 4 is 28.3 Å². The lowest BCUT2D eigenvalue weighted by Crippen LogP contribution is -2.20. The molecule has 0 aliphatic rings. The van der Waals surface area contributed by atoms with E-state index in [2.05, 4.69) is 44.8 Å². The monoisotopic (exact) mass is 577 g/mol. The first-order valence-electron chi connectivity index (χ1n) is 13.5. The molecule has 0 atom stereocenters. The Balaban J connectivity index is 1.07. The van der Waals surface area contributed by atoms with E-state index in [1.165, 1.54) is 11.3 Å². The fourth-order valence-corrected chi connectivity index (χ4v) is 5.19. The van der Waals surface area contributed by atoms with Gasteiger partial charge in [0.25, 0.3) is 0 Å². The second kappa shape index (κ2) is 12.7. The highest BCUT2D eigenvalue weighted by Crippen LogP contribution is 2.32. The molecule has 0 saturated carbocycles. The topological polar surface area (TPSA) is 101 Å². The first-order chi connectivity index (χ1) is 20.7. The summed E-state index contributed by atoms with van der Waals surface area (Å²) in [5, 5.41) is 18.2. The number of fused-ring (bicyclic) bond motifs is 1. The van der Waals surface area contributed by atoms with Crippen LogP contribution >= 0.6 is 11.3 Å². The first-order valence-corrected chi connectivity index (χ1v) is 14.3. The maximum Gasteiger partial charge on any atom is 0.365 e. The summed E-state index contributed by atoms with van der Waals surface area (Å²) < 4.78 is 10.9. The van der Waals surface area contributed by atoms with Crippen LogP contribution in [0.4, 0.5) is 0 Å². The lowest BCUT2D eigenvalue weighted by molar-refractivity contribution is 0.0409. The maximum absolute atomic E-state index is 12.7. The van der Waals surface area contributed by atoms with Gasteiger partial charge in [-0.2, -0.15) is 0 Å². The number of para-hydroxylation sites is 1. The molecule has 0 N–H and O–H groups in total. The third-order valence-corrected chi connectivity index (χ3v) is 7.64. The highest BCUT2D eigenvalue weighted by molar-refractivity contribution is 7.17. The summed E-state index contributed by atoms with van der Waals surface area (Å²) in [7, 11) is 1.71. The van der Waals surface area contributed by atoms with E-state index in [4.69, 9.17) is 14.3 Å². The number of ether oxygens (including phenoxy) is 2. The number of unbranched alkanes of at least 4 members (excludes halogenated alkanes) is 1. The molecule has 0 bridgehead atoms. The van der Waals surface area contributed by atoms with Gasteiger partial charge in [0, 0.05) is 24.8 Å². The summed E-state index contributed by atoms with van der Waals surface area (Å²) in [6, 6.07) is 30.7. The number of hydrogen-bond acceptors (Lipinski definition) is 9. The van der Waals surface area contributed by atoms with E-state index in [1.807, 2.05) is 48.5 Å². The summed E-state index contributed by atoms with van der Waals surface area (Å²) >= 11 is 1.49. The summed E-state index contributed by atoms with van der Waals surface area (Å²) in [6.45, 7) is 1.44. The van der Waals surface area contributed by atoms with Crippen LogP contribution in [0, 0.1) is 0 Å². The van der Waals surface area contributed by atoms with E-state index in [0.717, 1.165) is 62.3 Å². The molecule has 0 saturated heterocycles. The van der Waals surface area contributed by atoms with Gasteiger partial charge in [-0.3, -0.25) is 0 Å². The SMILES string of the molecule is COCCCCOc1ccc(-c2ccc(-c3nnc(-c4ccc(C(=O)On5nnc6ccccc65)cc4)s3)cc2)cc1. The smallest absolute Gasteiger partial charge is 0.365 e. The zero-order chi connectivity index (χ0) is 28.7. The van der Waals surface area contributed by atoms with Gasteiger partial charge in [-0.05, 0) is 65.6 Å². The molecule has 0 aliphatic heterocycles. The van der Waals surface area contributed by atoms with Gasteiger partial charge < -0.3 is 14.3 Å². The Morgan fingerprint density at radius 3 is 2.00 bits per heavy atom. The van der Waals surface area contributed by atoms with Crippen molar-refractivity contribution in [2.45, 2.75) is 12.8 Å². The third-order valence-electron chi connectivity index (χ3n) is 6.61. The van der Waals surface area contributed by atoms with Crippen molar-refractivity contribution in [3.05, 3.63) is 103 Å². The van der Waals surface area contributed by atoms with Crippen LogP contribution in [-0.4, -0.2) is 51.6 Å². The van der Waals surface area contributed by atoms with E-state index in [0.29, 0.717) is 23.2 Å². The molecule has 0 radical (unpaired) electrons.